The van der Waals surface area contributed by atoms with Crippen molar-refractivity contribution in [1.29, 1.82) is 0 Å². The van der Waals surface area contributed by atoms with Gasteiger partial charge in [0, 0.05) is 6.92 Å². The van der Waals surface area contributed by atoms with Crippen molar-refractivity contribution in [1.82, 2.24) is 0 Å². The number of hydrogen-bond donors (Lipinski definition) is 0. The predicted molar refractivity (Wildman–Crippen MR) is 57.2 cm³/mol. The van der Waals surface area contributed by atoms with E-state index in [4.69, 9.17) is 4.74 Å². The van der Waals surface area contributed by atoms with E-state index < -0.39 is 0 Å². The van der Waals surface area contributed by atoms with Crippen molar-refractivity contribution >= 4 is 12.0 Å². The average molecular weight is 190 g/mol. The number of ether oxygens (including phenoxy) is 1. The van der Waals surface area contributed by atoms with E-state index in [0.29, 0.717) is 5.75 Å². The van der Waals surface area contributed by atoms with Crippen LogP contribution in [0.25, 0.3) is 6.08 Å². The molecule has 0 aromatic heterocycles. The zero-order valence-electron chi connectivity index (χ0n) is 8.54. The highest BCUT2D eigenvalue weighted by atomic mass is 16.5. The third-order valence-electron chi connectivity index (χ3n) is 1.89. The van der Waals surface area contributed by atoms with Gasteiger partial charge in [0.05, 0.1) is 0 Å². The molecule has 1 rings (SSSR count). The van der Waals surface area contributed by atoms with E-state index in [1.807, 2.05) is 12.1 Å². The zero-order chi connectivity index (χ0) is 10.6. The van der Waals surface area contributed by atoms with Crippen LogP contribution in [0.1, 0.15) is 25.0 Å². The van der Waals surface area contributed by atoms with Gasteiger partial charge in [0.25, 0.3) is 0 Å². The van der Waals surface area contributed by atoms with Crippen molar-refractivity contribution < 1.29 is 9.53 Å². The summed E-state index contributed by atoms with van der Waals surface area (Å²) in [5.41, 5.74) is 2.11. The maximum absolute atomic E-state index is 10.8. The lowest BCUT2D eigenvalue weighted by Gasteiger charge is -2.05. The minimum Gasteiger partial charge on any atom is -0.427 e. The molecule has 0 fully saturated rings. The van der Waals surface area contributed by atoms with Crippen LogP contribution >= 0.6 is 0 Å². The highest BCUT2D eigenvalue weighted by Gasteiger charge is 2.01. The molecule has 0 saturated heterocycles. The molecule has 0 aliphatic carbocycles. The molecule has 14 heavy (non-hydrogen) atoms. The van der Waals surface area contributed by atoms with Crippen molar-refractivity contribution in [3.8, 4) is 5.75 Å². The Balaban J connectivity index is 3.03. The highest BCUT2D eigenvalue weighted by Crippen LogP contribution is 2.18. The molecule has 2 heteroatoms. The summed E-state index contributed by atoms with van der Waals surface area (Å²) in [5.74, 6) is 0.292. The second-order valence-corrected chi connectivity index (χ2v) is 3.06. The number of hydrogen-bond acceptors (Lipinski definition) is 2. The number of esters is 1. The van der Waals surface area contributed by atoms with Gasteiger partial charge in [-0.25, -0.2) is 0 Å². The molecule has 2 nitrogen and oxygen atoms in total. The lowest BCUT2D eigenvalue weighted by Crippen LogP contribution is -2.02. The van der Waals surface area contributed by atoms with Gasteiger partial charge in [-0.05, 0) is 29.7 Å². The fraction of sp³-hybridized carbons (Fsp3) is 0.250. The molecule has 0 aliphatic rings. The van der Waals surface area contributed by atoms with Gasteiger partial charge in [-0.3, -0.25) is 4.79 Å². The van der Waals surface area contributed by atoms with Crippen LogP contribution in [0.3, 0.4) is 0 Å². The van der Waals surface area contributed by atoms with Crippen molar-refractivity contribution in [2.75, 3.05) is 0 Å². The van der Waals surface area contributed by atoms with Gasteiger partial charge in [0.1, 0.15) is 5.75 Å². The molecule has 0 unspecified atom stereocenters. The smallest absolute Gasteiger partial charge is 0.308 e. The Morgan fingerprint density at radius 1 is 1.50 bits per heavy atom. The van der Waals surface area contributed by atoms with Gasteiger partial charge in [0.15, 0.2) is 0 Å². The Labute approximate surface area is 84.2 Å². The minimum atomic E-state index is -0.298. The Kier molecular flexibility index (Phi) is 3.46. The topological polar surface area (TPSA) is 26.3 Å². The van der Waals surface area contributed by atoms with Crippen LogP contribution in [-0.2, 0) is 11.2 Å². The average Bonchev–Trinajstić information content (AvgIpc) is 2.16. The van der Waals surface area contributed by atoms with Crippen LogP contribution in [0.15, 0.2) is 24.8 Å². The number of carbonyl (C=O) groups excluding carboxylic acids is 1. The molecule has 0 radical (unpaired) electrons. The SMILES string of the molecule is C=Cc1cc(CC)cc(OC(C)=O)c1. The van der Waals surface area contributed by atoms with Gasteiger partial charge in [-0.1, -0.05) is 25.6 Å². The van der Waals surface area contributed by atoms with Crippen molar-refractivity contribution in [2.45, 2.75) is 20.3 Å². The van der Waals surface area contributed by atoms with E-state index in [1.54, 1.807) is 12.1 Å². The molecule has 0 bridgehead atoms. The molecule has 0 spiro atoms. The van der Waals surface area contributed by atoms with E-state index in [9.17, 15) is 4.79 Å². The van der Waals surface area contributed by atoms with Gasteiger partial charge >= 0.3 is 5.97 Å². The first-order chi connectivity index (χ1) is 6.65. The summed E-state index contributed by atoms with van der Waals surface area (Å²) in [7, 11) is 0. The molecule has 0 amide bonds. The molecular weight excluding hydrogens is 176 g/mol. The van der Waals surface area contributed by atoms with Gasteiger partial charge in [0.2, 0.25) is 0 Å². The van der Waals surface area contributed by atoms with E-state index in [-0.39, 0.29) is 5.97 Å². The highest BCUT2D eigenvalue weighted by molar-refractivity contribution is 5.69. The maximum atomic E-state index is 10.8. The molecular formula is C12H14O2. The molecule has 0 atom stereocenters. The van der Waals surface area contributed by atoms with Gasteiger partial charge in [-0.15, -0.1) is 0 Å². The lowest BCUT2D eigenvalue weighted by atomic mass is 10.1. The summed E-state index contributed by atoms with van der Waals surface area (Å²) in [6.45, 7) is 7.14. The number of aryl methyl sites for hydroxylation is 1. The number of rotatable bonds is 3. The summed E-state index contributed by atoms with van der Waals surface area (Å²) >= 11 is 0. The Morgan fingerprint density at radius 2 is 2.21 bits per heavy atom. The molecule has 0 N–H and O–H groups in total. The van der Waals surface area contributed by atoms with E-state index in [0.717, 1.165) is 17.5 Å². The standard InChI is InChI=1S/C12H14O2/c1-4-10-6-11(5-2)8-12(7-10)14-9(3)13/h4,6-8H,1,5H2,2-3H3. The first kappa shape index (κ1) is 10.5. The minimum absolute atomic E-state index is 0.298. The quantitative estimate of drug-likeness (QED) is 0.541. The summed E-state index contributed by atoms with van der Waals surface area (Å²) in [5, 5.41) is 0. The van der Waals surface area contributed by atoms with Crippen LogP contribution in [-0.4, -0.2) is 5.97 Å². The van der Waals surface area contributed by atoms with Crippen LogP contribution in [0, 0.1) is 0 Å². The van der Waals surface area contributed by atoms with E-state index in [2.05, 4.69) is 13.5 Å². The Bertz CT molecular complexity index is 353. The van der Waals surface area contributed by atoms with Crippen molar-refractivity contribution in [2.24, 2.45) is 0 Å². The normalized spacial score (nSPS) is 9.57. The first-order valence-corrected chi connectivity index (χ1v) is 4.60. The van der Waals surface area contributed by atoms with Crippen molar-refractivity contribution in [3.63, 3.8) is 0 Å². The van der Waals surface area contributed by atoms with Crippen LogP contribution in [0.5, 0.6) is 5.75 Å². The Morgan fingerprint density at radius 3 is 2.71 bits per heavy atom. The van der Waals surface area contributed by atoms with E-state index in [1.165, 1.54) is 6.92 Å². The fourth-order valence-corrected chi connectivity index (χ4v) is 1.23. The predicted octanol–water partition coefficient (Wildman–Crippen LogP) is 2.82. The van der Waals surface area contributed by atoms with Gasteiger partial charge in [-0.2, -0.15) is 0 Å². The third-order valence-corrected chi connectivity index (χ3v) is 1.89. The number of carbonyl (C=O) groups is 1. The molecule has 1 aromatic carbocycles. The Hall–Kier alpha value is -1.57. The molecule has 0 heterocycles. The second kappa shape index (κ2) is 4.61. The molecule has 0 saturated carbocycles. The van der Waals surface area contributed by atoms with Crippen molar-refractivity contribution in [3.05, 3.63) is 35.9 Å². The summed E-state index contributed by atoms with van der Waals surface area (Å²) in [4.78, 5) is 10.8. The summed E-state index contributed by atoms with van der Waals surface area (Å²) in [6, 6.07) is 5.70. The molecule has 0 aliphatic heterocycles. The third kappa shape index (κ3) is 2.73. The summed E-state index contributed by atoms with van der Waals surface area (Å²) < 4.78 is 5.01. The lowest BCUT2D eigenvalue weighted by molar-refractivity contribution is -0.131. The maximum Gasteiger partial charge on any atom is 0.308 e. The fourth-order valence-electron chi connectivity index (χ4n) is 1.23. The molecule has 74 valence electrons. The van der Waals surface area contributed by atoms with Crippen LogP contribution < -0.4 is 4.74 Å². The summed E-state index contributed by atoms with van der Waals surface area (Å²) in [6.07, 6.45) is 2.65. The zero-order valence-corrected chi connectivity index (χ0v) is 8.54. The second-order valence-electron chi connectivity index (χ2n) is 3.06. The monoisotopic (exact) mass is 190 g/mol. The largest absolute Gasteiger partial charge is 0.427 e. The first-order valence-electron chi connectivity index (χ1n) is 4.60. The van der Waals surface area contributed by atoms with Crippen LogP contribution in [0.2, 0.25) is 0 Å². The molecule has 1 aromatic rings. The van der Waals surface area contributed by atoms with Gasteiger partial charge < -0.3 is 4.74 Å². The number of benzene rings is 1. The van der Waals surface area contributed by atoms with Crippen LogP contribution in [0.4, 0.5) is 0 Å². The van der Waals surface area contributed by atoms with E-state index >= 15 is 0 Å².